The molecule has 0 N–H and O–H groups in total. The third-order valence-electron chi connectivity index (χ3n) is 4.62. The first-order valence-electron chi connectivity index (χ1n) is 8.64. The quantitative estimate of drug-likeness (QED) is 0.606. The van der Waals surface area contributed by atoms with E-state index < -0.39 is 0 Å². The average Bonchev–Trinajstić information content (AvgIpc) is 2.99. The lowest BCUT2D eigenvalue weighted by molar-refractivity contribution is 0.171. The standard InChI is InChI=1S/C19H18N2O2S2/c1-11-20-18(17-13-4-2-3-5-16(13)25-19(17)21-11)24-12-6-7-14-15(10-12)23-9-8-22-14/h6-7,10H,2-5,8-9H2,1H3. The van der Waals surface area contributed by atoms with Gasteiger partial charge in [-0.05, 0) is 56.4 Å². The SMILES string of the molecule is Cc1nc(Sc2ccc3c(c2)OCCO3)c2c3c(sc2n1)CCCC3. The van der Waals surface area contributed by atoms with E-state index in [1.54, 1.807) is 11.8 Å². The van der Waals surface area contributed by atoms with Crippen molar-refractivity contribution in [3.63, 3.8) is 0 Å². The van der Waals surface area contributed by atoms with E-state index in [2.05, 4.69) is 12.1 Å². The Morgan fingerprint density at radius 1 is 1.04 bits per heavy atom. The fourth-order valence-electron chi connectivity index (χ4n) is 3.50. The van der Waals surface area contributed by atoms with Gasteiger partial charge in [-0.2, -0.15) is 0 Å². The average molecular weight is 370 g/mol. The zero-order valence-corrected chi connectivity index (χ0v) is 15.6. The minimum absolute atomic E-state index is 0.607. The van der Waals surface area contributed by atoms with Crippen molar-refractivity contribution in [2.24, 2.45) is 0 Å². The van der Waals surface area contributed by atoms with Crippen LogP contribution in [0.1, 0.15) is 29.1 Å². The predicted molar refractivity (Wildman–Crippen MR) is 100 cm³/mol. The number of thiophene rings is 1. The van der Waals surface area contributed by atoms with E-state index in [-0.39, 0.29) is 0 Å². The lowest BCUT2D eigenvalue weighted by Gasteiger charge is -2.18. The Kier molecular flexibility index (Phi) is 3.82. The zero-order valence-electron chi connectivity index (χ0n) is 14.0. The third kappa shape index (κ3) is 2.77. The normalized spacial score (nSPS) is 16.0. The van der Waals surface area contributed by atoms with Gasteiger partial charge in [0.15, 0.2) is 11.5 Å². The van der Waals surface area contributed by atoms with E-state index in [0.717, 1.165) is 38.5 Å². The fraction of sp³-hybridized carbons (Fsp3) is 0.368. The number of aryl methyl sites for hydroxylation is 3. The number of nitrogens with zero attached hydrogens (tertiary/aromatic N) is 2. The molecule has 0 saturated heterocycles. The van der Waals surface area contributed by atoms with Crippen LogP contribution in [0.3, 0.4) is 0 Å². The second-order valence-corrected chi connectivity index (χ2v) is 8.52. The summed E-state index contributed by atoms with van der Waals surface area (Å²) in [6.45, 7) is 3.20. The Hall–Kier alpha value is -1.79. The van der Waals surface area contributed by atoms with E-state index in [1.807, 2.05) is 24.3 Å². The van der Waals surface area contributed by atoms with Crippen LogP contribution < -0.4 is 9.47 Å². The number of aromatic nitrogens is 2. The highest BCUT2D eigenvalue weighted by atomic mass is 32.2. The number of rotatable bonds is 2. The molecule has 0 amide bonds. The number of hydrogen-bond acceptors (Lipinski definition) is 6. The Bertz CT molecular complexity index is 968. The summed E-state index contributed by atoms with van der Waals surface area (Å²) < 4.78 is 11.3. The highest BCUT2D eigenvalue weighted by Crippen LogP contribution is 2.43. The molecular weight excluding hydrogens is 352 g/mol. The first-order chi connectivity index (χ1) is 12.3. The van der Waals surface area contributed by atoms with Crippen LogP contribution in [0.25, 0.3) is 10.2 Å². The molecule has 6 heteroatoms. The highest BCUT2D eigenvalue weighted by molar-refractivity contribution is 7.99. The molecule has 1 aliphatic heterocycles. The van der Waals surface area contributed by atoms with Crippen LogP contribution >= 0.6 is 23.1 Å². The number of fused-ring (bicyclic) bond motifs is 4. The van der Waals surface area contributed by atoms with E-state index in [4.69, 9.17) is 19.4 Å². The largest absolute Gasteiger partial charge is 0.486 e. The first-order valence-corrected chi connectivity index (χ1v) is 10.3. The molecule has 0 radical (unpaired) electrons. The van der Waals surface area contributed by atoms with Crippen LogP contribution in [-0.4, -0.2) is 23.2 Å². The molecule has 0 fully saturated rings. The summed E-state index contributed by atoms with van der Waals surface area (Å²) in [5.74, 6) is 2.49. The molecule has 0 spiro atoms. The van der Waals surface area contributed by atoms with E-state index in [0.29, 0.717) is 13.2 Å². The Balaban J connectivity index is 1.59. The van der Waals surface area contributed by atoms with Crippen LogP contribution in [0.2, 0.25) is 0 Å². The zero-order chi connectivity index (χ0) is 16.8. The summed E-state index contributed by atoms with van der Waals surface area (Å²) in [5.41, 5.74) is 1.48. The maximum atomic E-state index is 5.72. The maximum absolute atomic E-state index is 5.72. The second kappa shape index (κ2) is 6.18. The molecule has 128 valence electrons. The molecular formula is C19H18N2O2S2. The third-order valence-corrected chi connectivity index (χ3v) is 6.79. The van der Waals surface area contributed by atoms with Crippen molar-refractivity contribution in [1.82, 2.24) is 9.97 Å². The first kappa shape index (κ1) is 15.5. The topological polar surface area (TPSA) is 44.2 Å². The monoisotopic (exact) mass is 370 g/mol. The van der Waals surface area contributed by atoms with Gasteiger partial charge in [-0.15, -0.1) is 11.3 Å². The summed E-state index contributed by atoms with van der Waals surface area (Å²) in [4.78, 5) is 13.2. The van der Waals surface area contributed by atoms with Gasteiger partial charge in [-0.1, -0.05) is 11.8 Å². The smallest absolute Gasteiger partial charge is 0.162 e. The van der Waals surface area contributed by atoms with Crippen molar-refractivity contribution in [2.75, 3.05) is 13.2 Å². The molecule has 2 aliphatic rings. The molecule has 0 unspecified atom stereocenters. The Morgan fingerprint density at radius 3 is 2.80 bits per heavy atom. The minimum Gasteiger partial charge on any atom is -0.486 e. The van der Waals surface area contributed by atoms with Crippen LogP contribution in [0.5, 0.6) is 11.5 Å². The van der Waals surface area contributed by atoms with Gasteiger partial charge in [0.05, 0.1) is 0 Å². The van der Waals surface area contributed by atoms with Crippen LogP contribution in [-0.2, 0) is 12.8 Å². The predicted octanol–water partition coefficient (Wildman–Crippen LogP) is 4.80. The Labute approximate surface area is 154 Å². The van der Waals surface area contributed by atoms with Gasteiger partial charge in [-0.25, -0.2) is 9.97 Å². The van der Waals surface area contributed by atoms with Crippen molar-refractivity contribution < 1.29 is 9.47 Å². The lowest BCUT2D eigenvalue weighted by atomic mass is 9.97. The van der Waals surface area contributed by atoms with E-state index in [9.17, 15) is 0 Å². The lowest BCUT2D eigenvalue weighted by Crippen LogP contribution is -2.15. The molecule has 1 aromatic carbocycles. The van der Waals surface area contributed by atoms with Gasteiger partial charge in [0.1, 0.15) is 28.9 Å². The van der Waals surface area contributed by atoms with Crippen LogP contribution in [0, 0.1) is 6.92 Å². The van der Waals surface area contributed by atoms with Crippen LogP contribution in [0.15, 0.2) is 28.1 Å². The summed E-state index contributed by atoms with van der Waals surface area (Å²) in [6, 6.07) is 6.13. The Morgan fingerprint density at radius 2 is 1.88 bits per heavy atom. The molecule has 0 saturated carbocycles. The second-order valence-electron chi connectivity index (χ2n) is 6.37. The molecule has 2 aromatic heterocycles. The minimum atomic E-state index is 0.607. The summed E-state index contributed by atoms with van der Waals surface area (Å²) in [5, 5.41) is 2.34. The number of benzene rings is 1. The van der Waals surface area contributed by atoms with E-state index in [1.165, 1.54) is 35.1 Å². The summed E-state index contributed by atoms with van der Waals surface area (Å²) in [7, 11) is 0. The summed E-state index contributed by atoms with van der Waals surface area (Å²) in [6.07, 6.45) is 4.89. The highest BCUT2D eigenvalue weighted by Gasteiger charge is 2.21. The van der Waals surface area contributed by atoms with Crippen molar-refractivity contribution in [3.05, 3.63) is 34.5 Å². The maximum Gasteiger partial charge on any atom is 0.162 e. The van der Waals surface area contributed by atoms with Crippen LogP contribution in [0.4, 0.5) is 0 Å². The molecule has 3 aromatic rings. The van der Waals surface area contributed by atoms with Gasteiger partial charge in [0, 0.05) is 15.2 Å². The van der Waals surface area contributed by atoms with Gasteiger partial charge in [0.2, 0.25) is 0 Å². The van der Waals surface area contributed by atoms with E-state index >= 15 is 0 Å². The summed E-state index contributed by atoms with van der Waals surface area (Å²) >= 11 is 3.55. The van der Waals surface area contributed by atoms with Gasteiger partial charge in [0.25, 0.3) is 0 Å². The van der Waals surface area contributed by atoms with Gasteiger partial charge < -0.3 is 9.47 Å². The van der Waals surface area contributed by atoms with Crippen molar-refractivity contribution in [3.8, 4) is 11.5 Å². The molecule has 5 rings (SSSR count). The fourth-order valence-corrected chi connectivity index (χ4v) is 5.89. The number of ether oxygens (including phenoxy) is 2. The molecule has 4 nitrogen and oxygen atoms in total. The molecule has 1 aliphatic carbocycles. The van der Waals surface area contributed by atoms with Crippen molar-refractivity contribution in [1.29, 1.82) is 0 Å². The molecule has 25 heavy (non-hydrogen) atoms. The molecule has 0 bridgehead atoms. The number of hydrogen-bond donors (Lipinski definition) is 0. The van der Waals surface area contributed by atoms with Gasteiger partial charge in [-0.3, -0.25) is 0 Å². The van der Waals surface area contributed by atoms with Crippen molar-refractivity contribution >= 4 is 33.3 Å². The van der Waals surface area contributed by atoms with Gasteiger partial charge >= 0.3 is 0 Å². The van der Waals surface area contributed by atoms with Crippen molar-refractivity contribution in [2.45, 2.75) is 42.5 Å². The molecule has 3 heterocycles. The molecule has 0 atom stereocenters.